The van der Waals surface area contributed by atoms with Gasteiger partial charge in [-0.05, 0) is 54.4 Å². The predicted octanol–water partition coefficient (Wildman–Crippen LogP) is 2.38. The number of esters is 3. The predicted molar refractivity (Wildman–Crippen MR) is 123 cm³/mol. The topological polar surface area (TPSA) is 148 Å². The number of carbonyl (C=O) groups excluding carboxylic acids is 5. The summed E-state index contributed by atoms with van der Waals surface area (Å²) in [7, 11) is 0. The van der Waals surface area contributed by atoms with Crippen LogP contribution < -0.4 is 10.6 Å². The number of aliphatic hydroxyl groups is 1. The van der Waals surface area contributed by atoms with Crippen molar-refractivity contribution in [2.24, 2.45) is 0 Å². The summed E-state index contributed by atoms with van der Waals surface area (Å²) >= 11 is 0. The Morgan fingerprint density at radius 2 is 1.44 bits per heavy atom. The van der Waals surface area contributed by atoms with Crippen LogP contribution in [0.2, 0.25) is 0 Å². The van der Waals surface area contributed by atoms with Crippen LogP contribution in [0.1, 0.15) is 69.2 Å². The number of fused-ring (bicyclic) bond motifs is 2. The number of hydrogen-bond acceptors (Lipinski definition) is 8. The molecule has 1 unspecified atom stereocenters. The van der Waals surface area contributed by atoms with Crippen LogP contribution in [-0.4, -0.2) is 41.4 Å². The van der Waals surface area contributed by atoms with Crippen LogP contribution in [0.15, 0.2) is 60.7 Å². The van der Waals surface area contributed by atoms with Crippen LogP contribution in [-0.2, 0) is 15.9 Å². The summed E-state index contributed by atoms with van der Waals surface area (Å²) < 4.78 is 9.25. The summed E-state index contributed by atoms with van der Waals surface area (Å²) in [6.07, 6.45) is -0.789. The van der Waals surface area contributed by atoms with Crippen molar-refractivity contribution in [2.75, 3.05) is 11.9 Å². The molecule has 3 aromatic rings. The minimum Gasteiger partial charge on any atom is -0.428 e. The number of cyclic esters (lactones) is 3. The van der Waals surface area contributed by atoms with E-state index in [1.165, 1.54) is 36.4 Å². The molecule has 2 amide bonds. The van der Waals surface area contributed by atoms with Crippen molar-refractivity contribution >= 4 is 35.4 Å². The lowest BCUT2D eigenvalue weighted by atomic mass is 10.0. The van der Waals surface area contributed by atoms with Gasteiger partial charge in [0, 0.05) is 28.9 Å². The second-order valence-corrected chi connectivity index (χ2v) is 8.15. The maximum Gasteiger partial charge on any atom is 0.346 e. The third-order valence-electron chi connectivity index (χ3n) is 5.84. The summed E-state index contributed by atoms with van der Waals surface area (Å²) in [5.74, 6) is -3.00. The smallest absolute Gasteiger partial charge is 0.346 e. The van der Waals surface area contributed by atoms with Crippen molar-refractivity contribution in [1.29, 1.82) is 0 Å². The molecule has 2 aliphatic heterocycles. The lowest BCUT2D eigenvalue weighted by molar-refractivity contribution is -0.0548. The largest absolute Gasteiger partial charge is 0.428 e. The molecule has 36 heavy (non-hydrogen) atoms. The zero-order valence-corrected chi connectivity index (χ0v) is 18.6. The third-order valence-corrected chi connectivity index (χ3v) is 5.84. The first kappa shape index (κ1) is 22.9. The fraction of sp³-hybridized carbons (Fsp3) is 0.115. The van der Waals surface area contributed by atoms with Gasteiger partial charge in [0.1, 0.15) is 0 Å². The summed E-state index contributed by atoms with van der Waals surface area (Å²) in [6.45, 7) is 0.332. The number of benzene rings is 3. The van der Waals surface area contributed by atoms with Crippen molar-refractivity contribution < 1.29 is 38.6 Å². The zero-order chi connectivity index (χ0) is 25.4. The Morgan fingerprint density at radius 3 is 2.22 bits per heavy atom. The molecular weight excluding hydrogens is 468 g/mol. The van der Waals surface area contributed by atoms with Gasteiger partial charge in [-0.15, -0.1) is 0 Å². The molecule has 3 N–H and O–H groups in total. The first-order valence-corrected chi connectivity index (χ1v) is 10.9. The number of carbonyl (C=O) groups is 5. The van der Waals surface area contributed by atoms with Gasteiger partial charge in [0.05, 0.1) is 16.7 Å². The van der Waals surface area contributed by atoms with Crippen molar-refractivity contribution in [3.05, 3.63) is 99.6 Å². The van der Waals surface area contributed by atoms with Crippen molar-refractivity contribution in [2.45, 2.75) is 12.7 Å². The SMILES string of the molecule is O=C(NCCc1ccc(NC(=O)c2ccc3c(c2)C(=O)OC3=O)cc1)c1ccc2c(c1)C(=O)OC2O. The van der Waals surface area contributed by atoms with E-state index in [4.69, 9.17) is 4.74 Å². The Kier molecular flexibility index (Phi) is 5.79. The van der Waals surface area contributed by atoms with E-state index >= 15 is 0 Å². The third kappa shape index (κ3) is 4.32. The minimum absolute atomic E-state index is 0.0578. The Balaban J connectivity index is 1.15. The lowest BCUT2D eigenvalue weighted by Crippen LogP contribution is -2.25. The van der Waals surface area contributed by atoms with Gasteiger partial charge in [-0.25, -0.2) is 14.4 Å². The molecule has 0 saturated carbocycles. The van der Waals surface area contributed by atoms with Gasteiger partial charge in [-0.2, -0.15) is 0 Å². The molecule has 0 spiro atoms. The summed E-state index contributed by atoms with van der Waals surface area (Å²) in [5, 5.41) is 15.1. The molecule has 0 saturated heterocycles. The van der Waals surface area contributed by atoms with E-state index in [1.807, 2.05) is 0 Å². The summed E-state index contributed by atoms with van der Waals surface area (Å²) in [5.41, 5.74) is 2.61. The molecule has 180 valence electrons. The molecule has 10 nitrogen and oxygen atoms in total. The van der Waals surface area contributed by atoms with Crippen molar-refractivity contribution in [3.8, 4) is 0 Å². The molecule has 0 aliphatic carbocycles. The van der Waals surface area contributed by atoms with Crippen molar-refractivity contribution in [1.82, 2.24) is 5.32 Å². The number of ether oxygens (including phenoxy) is 2. The lowest BCUT2D eigenvalue weighted by Gasteiger charge is -2.09. The maximum atomic E-state index is 12.5. The number of nitrogens with one attached hydrogen (secondary N) is 2. The molecule has 0 radical (unpaired) electrons. The van der Waals surface area contributed by atoms with E-state index < -0.39 is 30.1 Å². The average Bonchev–Trinajstić information content (AvgIpc) is 3.33. The molecular formula is C26H18N2O8. The van der Waals surface area contributed by atoms with E-state index in [2.05, 4.69) is 15.4 Å². The van der Waals surface area contributed by atoms with Gasteiger partial charge in [-0.3, -0.25) is 9.59 Å². The highest BCUT2D eigenvalue weighted by molar-refractivity contribution is 6.16. The van der Waals surface area contributed by atoms with Crippen LogP contribution >= 0.6 is 0 Å². The Hall–Kier alpha value is -4.83. The molecule has 2 aliphatic rings. The van der Waals surface area contributed by atoms with Gasteiger partial charge in [0.25, 0.3) is 11.8 Å². The van der Waals surface area contributed by atoms with Gasteiger partial charge < -0.3 is 25.2 Å². The second-order valence-electron chi connectivity index (χ2n) is 8.15. The minimum atomic E-state index is -1.31. The summed E-state index contributed by atoms with van der Waals surface area (Å²) in [6, 6.07) is 15.5. The number of amides is 2. The molecule has 0 aromatic heterocycles. The fourth-order valence-corrected chi connectivity index (χ4v) is 3.92. The van der Waals surface area contributed by atoms with Crippen molar-refractivity contribution in [3.63, 3.8) is 0 Å². The van der Waals surface area contributed by atoms with Gasteiger partial charge in [-0.1, -0.05) is 18.2 Å². The quantitative estimate of drug-likeness (QED) is 0.355. The van der Waals surface area contributed by atoms with Crippen LogP contribution in [0.3, 0.4) is 0 Å². The Morgan fingerprint density at radius 1 is 0.778 bits per heavy atom. The standard InChI is InChI=1S/C26H18N2O8/c29-21(14-3-7-17-19(11-14)25(33)35-23(17)31)27-10-9-13-1-5-16(6-2-13)28-22(30)15-4-8-18-20(12-15)26(34)36-24(18)32/h1-8,11-12,23,31H,9-10H2,(H,27,29)(H,28,30). The van der Waals surface area contributed by atoms with E-state index in [0.29, 0.717) is 24.2 Å². The van der Waals surface area contributed by atoms with Gasteiger partial charge in [0.15, 0.2) is 0 Å². The highest BCUT2D eigenvalue weighted by atomic mass is 16.6. The fourth-order valence-electron chi connectivity index (χ4n) is 3.92. The van der Waals surface area contributed by atoms with Gasteiger partial charge >= 0.3 is 17.9 Å². The highest BCUT2D eigenvalue weighted by Gasteiger charge is 2.31. The van der Waals surface area contributed by atoms with Gasteiger partial charge in [0.2, 0.25) is 6.29 Å². The van der Waals surface area contributed by atoms with Crippen LogP contribution in [0, 0.1) is 0 Å². The monoisotopic (exact) mass is 486 g/mol. The summed E-state index contributed by atoms with van der Waals surface area (Å²) in [4.78, 5) is 59.9. The Bertz CT molecular complexity index is 1440. The van der Waals surface area contributed by atoms with Crippen LogP contribution in [0.4, 0.5) is 5.69 Å². The van der Waals surface area contributed by atoms with E-state index in [9.17, 15) is 29.1 Å². The molecule has 0 bridgehead atoms. The molecule has 2 heterocycles. The number of rotatable bonds is 6. The molecule has 10 heteroatoms. The normalized spacial score (nSPS) is 15.6. The molecule has 5 rings (SSSR count). The first-order chi connectivity index (χ1) is 17.3. The number of aliphatic hydroxyl groups excluding tert-OH is 1. The Labute approximate surface area is 203 Å². The van der Waals surface area contributed by atoms with E-state index in [0.717, 1.165) is 5.56 Å². The molecule has 0 fully saturated rings. The maximum absolute atomic E-state index is 12.5. The van der Waals surface area contributed by atoms with E-state index in [-0.39, 0.29) is 33.7 Å². The number of hydrogen-bond donors (Lipinski definition) is 3. The average molecular weight is 486 g/mol. The van der Waals surface area contributed by atoms with Crippen LogP contribution in [0.5, 0.6) is 0 Å². The molecule has 3 aromatic carbocycles. The zero-order valence-electron chi connectivity index (χ0n) is 18.6. The number of anilines is 1. The molecule has 1 atom stereocenters. The first-order valence-electron chi connectivity index (χ1n) is 10.9. The van der Waals surface area contributed by atoms with E-state index in [1.54, 1.807) is 24.3 Å². The highest BCUT2D eigenvalue weighted by Crippen LogP contribution is 2.29. The second kappa shape index (κ2) is 9.08. The van der Waals surface area contributed by atoms with Crippen LogP contribution in [0.25, 0.3) is 0 Å².